The van der Waals surface area contributed by atoms with Gasteiger partial charge in [-0.1, -0.05) is 18.2 Å². The van der Waals surface area contributed by atoms with Crippen LogP contribution in [0, 0.1) is 0 Å². The third-order valence-electron chi connectivity index (χ3n) is 3.17. The second kappa shape index (κ2) is 6.93. The molecule has 22 heavy (non-hydrogen) atoms. The number of carbonyl (C=O) groups excluding carboxylic acids is 1. The van der Waals surface area contributed by atoms with E-state index in [0.717, 1.165) is 0 Å². The SMILES string of the molecule is COc1ccc([C@H](CNC(C)=O)S(=O)(=O)c2cccs2)cc1. The molecule has 1 amide bonds. The van der Waals surface area contributed by atoms with Crippen molar-refractivity contribution < 1.29 is 17.9 Å². The molecule has 0 saturated heterocycles. The molecule has 0 spiro atoms. The van der Waals surface area contributed by atoms with Gasteiger partial charge in [0.25, 0.3) is 0 Å². The minimum absolute atomic E-state index is 0.0297. The maximum atomic E-state index is 12.8. The molecule has 0 bridgehead atoms. The molecule has 0 aliphatic rings. The van der Waals surface area contributed by atoms with Crippen LogP contribution in [0.4, 0.5) is 0 Å². The predicted octanol–water partition coefficient (Wildman–Crippen LogP) is 2.41. The lowest BCUT2D eigenvalue weighted by molar-refractivity contribution is -0.118. The van der Waals surface area contributed by atoms with Crippen LogP contribution in [-0.4, -0.2) is 28.0 Å². The van der Waals surface area contributed by atoms with E-state index in [1.54, 1.807) is 48.9 Å². The lowest BCUT2D eigenvalue weighted by Crippen LogP contribution is -2.30. The Balaban J connectivity index is 2.39. The van der Waals surface area contributed by atoms with Gasteiger partial charge < -0.3 is 10.1 Å². The quantitative estimate of drug-likeness (QED) is 0.877. The van der Waals surface area contributed by atoms with E-state index in [-0.39, 0.29) is 12.5 Å². The van der Waals surface area contributed by atoms with Crippen LogP contribution in [-0.2, 0) is 14.6 Å². The zero-order valence-electron chi connectivity index (χ0n) is 12.3. The Morgan fingerprint density at radius 1 is 1.27 bits per heavy atom. The van der Waals surface area contributed by atoms with Crippen LogP contribution >= 0.6 is 11.3 Å². The van der Waals surface area contributed by atoms with E-state index < -0.39 is 15.1 Å². The Labute approximate surface area is 133 Å². The fraction of sp³-hybridized carbons (Fsp3) is 0.267. The first-order valence-corrected chi connectivity index (χ1v) is 9.03. The first kappa shape index (κ1) is 16.5. The molecule has 1 aromatic carbocycles. The van der Waals surface area contributed by atoms with Crippen LogP contribution in [0.25, 0.3) is 0 Å². The number of sulfone groups is 1. The van der Waals surface area contributed by atoms with Crippen LogP contribution in [0.1, 0.15) is 17.7 Å². The number of benzene rings is 1. The topological polar surface area (TPSA) is 72.5 Å². The molecule has 0 aliphatic carbocycles. The van der Waals surface area contributed by atoms with Gasteiger partial charge in [0, 0.05) is 13.5 Å². The maximum Gasteiger partial charge on any atom is 0.216 e. The number of hydrogen-bond acceptors (Lipinski definition) is 5. The van der Waals surface area contributed by atoms with Gasteiger partial charge in [-0.05, 0) is 29.1 Å². The van der Waals surface area contributed by atoms with Gasteiger partial charge >= 0.3 is 0 Å². The average Bonchev–Trinajstić information content (AvgIpc) is 3.02. The summed E-state index contributed by atoms with van der Waals surface area (Å²) in [5.41, 5.74) is 0.614. The van der Waals surface area contributed by atoms with Gasteiger partial charge in [-0.15, -0.1) is 11.3 Å². The van der Waals surface area contributed by atoms with Crippen LogP contribution in [0.2, 0.25) is 0 Å². The van der Waals surface area contributed by atoms with Crippen molar-refractivity contribution in [3.63, 3.8) is 0 Å². The van der Waals surface area contributed by atoms with Crippen molar-refractivity contribution in [3.05, 3.63) is 47.3 Å². The molecule has 0 fully saturated rings. The zero-order chi connectivity index (χ0) is 16.2. The first-order valence-electron chi connectivity index (χ1n) is 6.61. The zero-order valence-corrected chi connectivity index (χ0v) is 13.9. The monoisotopic (exact) mass is 339 g/mol. The van der Waals surface area contributed by atoms with Gasteiger partial charge in [0.05, 0.1) is 7.11 Å². The number of nitrogens with one attached hydrogen (secondary N) is 1. The highest BCUT2D eigenvalue weighted by molar-refractivity contribution is 7.93. The number of carbonyl (C=O) groups is 1. The van der Waals surface area contributed by atoms with E-state index in [1.807, 2.05) is 0 Å². The van der Waals surface area contributed by atoms with E-state index in [2.05, 4.69) is 5.32 Å². The summed E-state index contributed by atoms with van der Waals surface area (Å²) in [4.78, 5) is 11.2. The largest absolute Gasteiger partial charge is 0.497 e. The summed E-state index contributed by atoms with van der Waals surface area (Å²) in [5, 5.41) is 3.48. The Hall–Kier alpha value is -1.86. The number of hydrogen-bond donors (Lipinski definition) is 1. The molecule has 2 rings (SSSR count). The van der Waals surface area contributed by atoms with Crippen molar-refractivity contribution in [2.75, 3.05) is 13.7 Å². The van der Waals surface area contributed by atoms with E-state index in [4.69, 9.17) is 4.74 Å². The van der Waals surface area contributed by atoms with Crippen LogP contribution < -0.4 is 10.1 Å². The van der Waals surface area contributed by atoms with Gasteiger partial charge in [0.1, 0.15) is 15.2 Å². The van der Waals surface area contributed by atoms with Crippen molar-refractivity contribution in [1.29, 1.82) is 0 Å². The molecule has 0 unspecified atom stereocenters. The van der Waals surface area contributed by atoms with Crippen molar-refractivity contribution >= 4 is 27.1 Å². The fourth-order valence-electron chi connectivity index (χ4n) is 2.03. The summed E-state index contributed by atoms with van der Waals surface area (Å²) in [7, 11) is -2.02. The van der Waals surface area contributed by atoms with Gasteiger partial charge in [-0.25, -0.2) is 8.42 Å². The highest BCUT2D eigenvalue weighted by atomic mass is 32.2. The Morgan fingerprint density at radius 3 is 2.45 bits per heavy atom. The second-order valence-electron chi connectivity index (χ2n) is 4.68. The summed E-state index contributed by atoms with van der Waals surface area (Å²) in [5.74, 6) is 0.385. The molecule has 1 heterocycles. The van der Waals surface area contributed by atoms with E-state index in [9.17, 15) is 13.2 Å². The van der Waals surface area contributed by atoms with Crippen molar-refractivity contribution in [1.82, 2.24) is 5.32 Å². The molecule has 2 aromatic rings. The van der Waals surface area contributed by atoms with Gasteiger partial charge in [0.15, 0.2) is 9.84 Å². The Bertz CT molecular complexity index is 721. The van der Waals surface area contributed by atoms with Gasteiger partial charge in [-0.2, -0.15) is 0 Å². The molecule has 0 saturated carbocycles. The minimum Gasteiger partial charge on any atom is -0.497 e. The summed E-state index contributed by atoms with van der Waals surface area (Å²) >= 11 is 1.17. The van der Waals surface area contributed by atoms with Gasteiger partial charge in [0.2, 0.25) is 5.91 Å². The molecule has 7 heteroatoms. The molecule has 1 N–H and O–H groups in total. The van der Waals surface area contributed by atoms with Gasteiger partial charge in [-0.3, -0.25) is 4.79 Å². The molecule has 0 aliphatic heterocycles. The van der Waals surface area contributed by atoms with Crippen molar-refractivity contribution in [2.45, 2.75) is 16.4 Å². The third kappa shape index (κ3) is 3.66. The maximum absolute atomic E-state index is 12.8. The molecule has 1 aromatic heterocycles. The number of rotatable bonds is 6. The second-order valence-corrected chi connectivity index (χ2v) is 7.98. The lowest BCUT2D eigenvalue weighted by atomic mass is 10.1. The highest BCUT2D eigenvalue weighted by Crippen LogP contribution is 2.31. The summed E-state index contributed by atoms with van der Waals surface area (Å²) in [6.07, 6.45) is 0. The van der Waals surface area contributed by atoms with Crippen molar-refractivity contribution in [3.8, 4) is 5.75 Å². The van der Waals surface area contributed by atoms with E-state index in [1.165, 1.54) is 18.3 Å². The Kier molecular flexibility index (Phi) is 5.20. The number of thiophene rings is 1. The number of methoxy groups -OCH3 is 1. The molecular weight excluding hydrogens is 322 g/mol. The third-order valence-corrected chi connectivity index (χ3v) is 6.71. The summed E-state index contributed by atoms with van der Waals surface area (Å²) in [6.45, 7) is 1.39. The van der Waals surface area contributed by atoms with Crippen LogP contribution in [0.15, 0.2) is 46.0 Å². The normalized spacial score (nSPS) is 12.6. The Morgan fingerprint density at radius 2 is 1.95 bits per heavy atom. The smallest absolute Gasteiger partial charge is 0.216 e. The number of amides is 1. The number of ether oxygens (including phenoxy) is 1. The van der Waals surface area contributed by atoms with Crippen LogP contribution in [0.5, 0.6) is 5.75 Å². The standard InChI is InChI=1S/C15H17NO4S2/c1-11(17)16-10-14(12-5-7-13(20-2)8-6-12)22(18,19)15-4-3-9-21-15/h3-9,14H,10H2,1-2H3,(H,16,17)/t14-/m0/s1. The van der Waals surface area contributed by atoms with Crippen molar-refractivity contribution in [2.24, 2.45) is 0 Å². The molecule has 1 atom stereocenters. The molecule has 0 radical (unpaired) electrons. The molecule has 118 valence electrons. The molecule has 5 nitrogen and oxygen atoms in total. The fourth-order valence-corrected chi connectivity index (χ4v) is 4.89. The predicted molar refractivity (Wildman–Crippen MR) is 85.9 cm³/mol. The first-order chi connectivity index (χ1) is 10.4. The average molecular weight is 339 g/mol. The van der Waals surface area contributed by atoms with Crippen LogP contribution in [0.3, 0.4) is 0 Å². The summed E-state index contributed by atoms with van der Waals surface area (Å²) in [6, 6.07) is 10.1. The molecular formula is C15H17NO4S2. The van der Waals surface area contributed by atoms with E-state index in [0.29, 0.717) is 15.5 Å². The van der Waals surface area contributed by atoms with E-state index >= 15 is 0 Å². The summed E-state index contributed by atoms with van der Waals surface area (Å²) < 4.78 is 31.0. The minimum atomic E-state index is -3.56. The highest BCUT2D eigenvalue weighted by Gasteiger charge is 2.30. The lowest BCUT2D eigenvalue weighted by Gasteiger charge is -2.18.